The van der Waals surface area contributed by atoms with Crippen molar-refractivity contribution < 1.29 is 32.7 Å². The molecule has 0 saturated carbocycles. The Kier molecular flexibility index (Phi) is 23.6. The van der Waals surface area contributed by atoms with E-state index in [2.05, 4.69) is 32.8 Å². The Morgan fingerprint density at radius 3 is 1.66 bits per heavy atom. The molecule has 210 valence electrons. The van der Waals surface area contributed by atoms with E-state index >= 15 is 0 Å². The van der Waals surface area contributed by atoms with Crippen molar-refractivity contribution in [1.82, 2.24) is 0 Å². The Morgan fingerprint density at radius 2 is 1.23 bits per heavy atom. The summed E-state index contributed by atoms with van der Waals surface area (Å²) in [6, 6.07) is 0. The fraction of sp³-hybridized carbons (Fsp3) is 0.963. The van der Waals surface area contributed by atoms with Crippen LogP contribution < -0.4 is 0 Å². The van der Waals surface area contributed by atoms with Crippen LogP contribution in [0.25, 0.3) is 0 Å². The van der Waals surface area contributed by atoms with Crippen LogP contribution in [0.1, 0.15) is 116 Å². The van der Waals surface area contributed by atoms with Gasteiger partial charge in [-0.05, 0) is 12.8 Å². The van der Waals surface area contributed by atoms with Gasteiger partial charge in [0, 0.05) is 0 Å². The SMILES string of the molecule is CCCCCCCCCCCCCCCCCCC(COP(O)OCC[N+](C)(C)C)OC(=O)OC. The maximum absolute atomic E-state index is 11.5. The largest absolute Gasteiger partial charge is 0.508 e. The number of nitrogens with zero attached hydrogens (tertiary/aromatic N) is 1. The summed E-state index contributed by atoms with van der Waals surface area (Å²) in [6.45, 7) is 3.56. The molecule has 0 amide bonds. The first-order valence-electron chi connectivity index (χ1n) is 14.1. The molecule has 2 atom stereocenters. The van der Waals surface area contributed by atoms with Gasteiger partial charge in [-0.3, -0.25) is 0 Å². The summed E-state index contributed by atoms with van der Waals surface area (Å²) < 4.78 is 21.4. The lowest BCUT2D eigenvalue weighted by molar-refractivity contribution is -0.870. The van der Waals surface area contributed by atoms with Crippen molar-refractivity contribution in [1.29, 1.82) is 0 Å². The molecular weight excluding hydrogens is 465 g/mol. The molecule has 35 heavy (non-hydrogen) atoms. The molecule has 0 aliphatic carbocycles. The van der Waals surface area contributed by atoms with Crippen molar-refractivity contribution in [2.24, 2.45) is 0 Å². The van der Waals surface area contributed by atoms with E-state index in [1.165, 1.54) is 97.0 Å². The number of rotatable bonds is 25. The summed E-state index contributed by atoms with van der Waals surface area (Å²) in [4.78, 5) is 21.5. The van der Waals surface area contributed by atoms with Crippen LogP contribution in [0.5, 0.6) is 0 Å². The fourth-order valence-corrected chi connectivity index (χ4v) is 4.46. The third-order valence-corrected chi connectivity index (χ3v) is 6.92. The summed E-state index contributed by atoms with van der Waals surface area (Å²) in [5, 5.41) is 0. The predicted molar refractivity (Wildman–Crippen MR) is 145 cm³/mol. The van der Waals surface area contributed by atoms with Gasteiger partial charge < -0.3 is 27.9 Å². The van der Waals surface area contributed by atoms with Crippen LogP contribution in [0.2, 0.25) is 0 Å². The highest BCUT2D eigenvalue weighted by Crippen LogP contribution is 2.33. The highest BCUT2D eigenvalue weighted by atomic mass is 31.2. The maximum atomic E-state index is 11.5. The van der Waals surface area contributed by atoms with Crippen molar-refractivity contribution in [3.8, 4) is 0 Å². The summed E-state index contributed by atoms with van der Waals surface area (Å²) in [6.07, 6.45) is 20.7. The second-order valence-electron chi connectivity index (χ2n) is 10.7. The average molecular weight is 523 g/mol. The van der Waals surface area contributed by atoms with E-state index in [0.717, 1.165) is 23.9 Å². The molecule has 0 bridgehead atoms. The summed E-state index contributed by atoms with van der Waals surface area (Å²) in [7, 11) is 5.49. The van der Waals surface area contributed by atoms with Gasteiger partial charge in [0.25, 0.3) is 0 Å². The van der Waals surface area contributed by atoms with Crippen LogP contribution in [0.3, 0.4) is 0 Å². The van der Waals surface area contributed by atoms with Gasteiger partial charge >= 0.3 is 14.8 Å². The normalized spacial score (nSPS) is 13.5. The Morgan fingerprint density at radius 1 is 0.771 bits per heavy atom. The van der Waals surface area contributed by atoms with Gasteiger partial charge in [0.1, 0.15) is 19.3 Å². The van der Waals surface area contributed by atoms with Crippen LogP contribution in [0, 0.1) is 0 Å². The zero-order chi connectivity index (χ0) is 26.2. The van der Waals surface area contributed by atoms with Crippen LogP contribution in [0.15, 0.2) is 0 Å². The summed E-state index contributed by atoms with van der Waals surface area (Å²) in [5.74, 6) is 0. The van der Waals surface area contributed by atoms with Crippen LogP contribution in [0.4, 0.5) is 4.79 Å². The van der Waals surface area contributed by atoms with Gasteiger partial charge in [-0.1, -0.05) is 103 Å². The topological polar surface area (TPSA) is 74.2 Å². The molecule has 8 heteroatoms. The molecule has 0 aromatic rings. The minimum Gasteiger partial charge on any atom is -0.438 e. The number of ether oxygens (including phenoxy) is 2. The third kappa shape index (κ3) is 26.4. The number of likely N-dealkylation sites (N-methyl/N-ethyl adjacent to an activating group) is 1. The minimum atomic E-state index is -1.98. The molecule has 0 spiro atoms. The first-order chi connectivity index (χ1) is 16.8. The van der Waals surface area contributed by atoms with E-state index in [4.69, 9.17) is 13.8 Å². The lowest BCUT2D eigenvalue weighted by atomic mass is 10.0. The molecule has 0 aliphatic rings. The zero-order valence-corrected chi connectivity index (χ0v) is 24.5. The molecule has 0 aromatic carbocycles. The molecule has 0 rings (SSSR count). The van der Waals surface area contributed by atoms with E-state index in [1.807, 2.05) is 0 Å². The molecule has 1 N–H and O–H groups in total. The van der Waals surface area contributed by atoms with Gasteiger partial charge in [-0.2, -0.15) is 0 Å². The monoisotopic (exact) mass is 522 g/mol. The van der Waals surface area contributed by atoms with Gasteiger partial charge in [0.2, 0.25) is 0 Å². The first kappa shape index (κ1) is 34.5. The fourth-order valence-electron chi connectivity index (χ4n) is 3.86. The lowest BCUT2D eigenvalue weighted by Crippen LogP contribution is -2.37. The van der Waals surface area contributed by atoms with Crippen molar-refractivity contribution >= 4 is 14.8 Å². The number of carbonyl (C=O) groups is 1. The van der Waals surface area contributed by atoms with Gasteiger partial charge in [0.05, 0.1) is 34.9 Å². The zero-order valence-electron chi connectivity index (χ0n) is 23.6. The molecule has 0 radical (unpaired) electrons. The second-order valence-corrected chi connectivity index (χ2v) is 11.7. The van der Waals surface area contributed by atoms with Crippen molar-refractivity contribution in [2.45, 2.75) is 122 Å². The maximum Gasteiger partial charge on any atom is 0.508 e. The van der Waals surface area contributed by atoms with E-state index in [0.29, 0.717) is 13.0 Å². The van der Waals surface area contributed by atoms with Crippen molar-refractivity contribution in [3.05, 3.63) is 0 Å². The lowest BCUT2D eigenvalue weighted by Gasteiger charge is -2.24. The van der Waals surface area contributed by atoms with Crippen molar-refractivity contribution in [2.75, 3.05) is 48.0 Å². The van der Waals surface area contributed by atoms with Crippen molar-refractivity contribution in [3.63, 3.8) is 0 Å². The first-order valence-corrected chi connectivity index (χ1v) is 15.2. The van der Waals surface area contributed by atoms with Gasteiger partial charge in [-0.15, -0.1) is 0 Å². The smallest absolute Gasteiger partial charge is 0.438 e. The van der Waals surface area contributed by atoms with Crippen LogP contribution >= 0.6 is 8.60 Å². The van der Waals surface area contributed by atoms with E-state index in [1.54, 1.807) is 0 Å². The highest BCUT2D eigenvalue weighted by Gasteiger charge is 2.19. The van der Waals surface area contributed by atoms with E-state index in [-0.39, 0.29) is 6.61 Å². The predicted octanol–water partition coefficient (Wildman–Crippen LogP) is 7.75. The van der Waals surface area contributed by atoms with Gasteiger partial charge in [0.15, 0.2) is 0 Å². The highest BCUT2D eigenvalue weighted by molar-refractivity contribution is 7.40. The van der Waals surface area contributed by atoms with Gasteiger partial charge in [-0.25, -0.2) is 4.79 Å². The molecular formula is C27H57NO6P+. The Bertz CT molecular complexity index is 475. The number of methoxy groups -OCH3 is 1. The Labute approximate surface area is 217 Å². The molecule has 0 aliphatic heterocycles. The van der Waals surface area contributed by atoms with E-state index in [9.17, 15) is 9.69 Å². The summed E-state index contributed by atoms with van der Waals surface area (Å²) >= 11 is 0. The molecule has 0 aromatic heterocycles. The Balaban J connectivity index is 3.74. The number of hydrogen-bond acceptors (Lipinski definition) is 6. The molecule has 0 fully saturated rings. The Hall–Kier alpha value is -0.460. The number of quaternary nitrogens is 1. The molecule has 7 nitrogen and oxygen atoms in total. The number of carbonyl (C=O) groups excluding carboxylic acids is 1. The molecule has 0 heterocycles. The van der Waals surface area contributed by atoms with Crippen LogP contribution in [-0.4, -0.2) is 69.6 Å². The minimum absolute atomic E-state index is 0.112. The number of hydrogen-bond donors (Lipinski definition) is 1. The standard InChI is InChI=1S/C27H57NO6P/c1-6-7-8-9-10-11-12-13-14-15-16-17-18-19-20-21-22-26(34-27(29)31-5)25-33-35(30)32-24-23-28(2,3)4/h26,30H,6-25H2,1-5H3/q+1. The average Bonchev–Trinajstić information content (AvgIpc) is 2.81. The summed E-state index contributed by atoms with van der Waals surface area (Å²) in [5.41, 5.74) is 0. The second kappa shape index (κ2) is 23.9. The van der Waals surface area contributed by atoms with Crippen LogP contribution in [-0.2, 0) is 18.5 Å². The molecule has 2 unspecified atom stereocenters. The quantitative estimate of drug-likeness (QED) is 0.0572. The molecule has 0 saturated heterocycles. The van der Waals surface area contributed by atoms with E-state index < -0.39 is 20.9 Å². The third-order valence-electron chi connectivity index (χ3n) is 6.14. The number of unbranched alkanes of at least 4 members (excludes halogenated alkanes) is 15.